The minimum absolute atomic E-state index is 0.230. The van der Waals surface area contributed by atoms with E-state index in [0.717, 1.165) is 5.56 Å². The Morgan fingerprint density at radius 3 is 2.12 bits per heavy atom. The van der Waals surface area contributed by atoms with E-state index in [-0.39, 0.29) is 5.60 Å². The average molecular weight is 328 g/mol. The van der Waals surface area contributed by atoms with Crippen LogP contribution in [0.5, 0.6) is 5.75 Å². The highest BCUT2D eigenvalue weighted by molar-refractivity contribution is 5.64. The molecule has 0 saturated carbocycles. The summed E-state index contributed by atoms with van der Waals surface area (Å²) in [5.41, 5.74) is 0.686. The van der Waals surface area contributed by atoms with E-state index in [0.29, 0.717) is 18.8 Å². The second-order valence-corrected chi connectivity index (χ2v) is 6.43. The fraction of sp³-hybridized carbons (Fsp3) is 0.350. The summed E-state index contributed by atoms with van der Waals surface area (Å²) >= 11 is 0. The van der Waals surface area contributed by atoms with Crippen molar-refractivity contribution in [2.24, 2.45) is 0 Å². The van der Waals surface area contributed by atoms with Crippen LogP contribution in [0.1, 0.15) is 38.9 Å². The SMILES string of the molecule is CC(C)(C)OCCC(OC(=O)Oc1ccccc1)c1ccccc1. The van der Waals surface area contributed by atoms with Crippen LogP contribution in [0.3, 0.4) is 0 Å². The molecule has 0 N–H and O–H groups in total. The van der Waals surface area contributed by atoms with Gasteiger partial charge in [0, 0.05) is 6.42 Å². The summed E-state index contributed by atoms with van der Waals surface area (Å²) < 4.78 is 16.5. The fourth-order valence-electron chi connectivity index (χ4n) is 2.16. The summed E-state index contributed by atoms with van der Waals surface area (Å²) in [7, 11) is 0. The van der Waals surface area contributed by atoms with Gasteiger partial charge in [-0.1, -0.05) is 48.5 Å². The standard InChI is InChI=1S/C20H24O4/c1-20(2,3)22-15-14-18(16-10-6-4-7-11-16)24-19(21)23-17-12-8-5-9-13-17/h4-13,18H,14-15H2,1-3H3. The van der Waals surface area contributed by atoms with Crippen LogP contribution in [-0.4, -0.2) is 18.4 Å². The quantitative estimate of drug-likeness (QED) is 0.543. The first-order chi connectivity index (χ1) is 11.4. The van der Waals surface area contributed by atoms with Crippen molar-refractivity contribution in [3.05, 3.63) is 66.2 Å². The molecule has 4 heteroatoms. The van der Waals surface area contributed by atoms with Crippen LogP contribution in [0.15, 0.2) is 60.7 Å². The average Bonchev–Trinajstić information content (AvgIpc) is 2.54. The third-order valence-electron chi connectivity index (χ3n) is 3.27. The van der Waals surface area contributed by atoms with Crippen molar-refractivity contribution in [1.82, 2.24) is 0 Å². The first kappa shape index (κ1) is 18.0. The lowest BCUT2D eigenvalue weighted by atomic mass is 10.1. The zero-order valence-electron chi connectivity index (χ0n) is 14.4. The van der Waals surface area contributed by atoms with Crippen LogP contribution >= 0.6 is 0 Å². The van der Waals surface area contributed by atoms with Crippen LogP contribution in [0.4, 0.5) is 4.79 Å². The molecular weight excluding hydrogens is 304 g/mol. The largest absolute Gasteiger partial charge is 0.514 e. The Bertz CT molecular complexity index is 617. The summed E-state index contributed by atoms with van der Waals surface area (Å²) in [5, 5.41) is 0. The predicted octanol–water partition coefficient (Wildman–Crippen LogP) is 5.15. The Hall–Kier alpha value is -2.33. The molecule has 0 bridgehead atoms. The van der Waals surface area contributed by atoms with E-state index in [1.165, 1.54) is 0 Å². The van der Waals surface area contributed by atoms with Gasteiger partial charge >= 0.3 is 6.16 Å². The highest BCUT2D eigenvalue weighted by Gasteiger charge is 2.20. The van der Waals surface area contributed by atoms with Gasteiger partial charge in [0.25, 0.3) is 0 Å². The van der Waals surface area contributed by atoms with Crippen molar-refractivity contribution in [1.29, 1.82) is 0 Å². The lowest BCUT2D eigenvalue weighted by Gasteiger charge is -2.22. The Labute approximate surface area is 143 Å². The van der Waals surface area contributed by atoms with Gasteiger partial charge in [0.15, 0.2) is 0 Å². The van der Waals surface area contributed by atoms with Crippen molar-refractivity contribution in [2.75, 3.05) is 6.61 Å². The van der Waals surface area contributed by atoms with Crippen LogP contribution in [0.2, 0.25) is 0 Å². The van der Waals surface area contributed by atoms with E-state index >= 15 is 0 Å². The monoisotopic (exact) mass is 328 g/mol. The predicted molar refractivity (Wildman–Crippen MR) is 93.1 cm³/mol. The molecule has 2 aromatic carbocycles. The highest BCUT2D eigenvalue weighted by Crippen LogP contribution is 2.23. The summed E-state index contributed by atoms with van der Waals surface area (Å²) in [6.45, 7) is 6.47. The summed E-state index contributed by atoms with van der Waals surface area (Å²) in [4.78, 5) is 12.1. The minimum atomic E-state index is -0.717. The lowest BCUT2D eigenvalue weighted by molar-refractivity contribution is -0.0251. The maximum atomic E-state index is 12.1. The van der Waals surface area contributed by atoms with E-state index in [9.17, 15) is 4.79 Å². The smallest absolute Gasteiger partial charge is 0.426 e. The molecule has 0 aliphatic heterocycles. The molecule has 1 unspecified atom stereocenters. The van der Waals surface area contributed by atoms with Gasteiger partial charge in [0.1, 0.15) is 11.9 Å². The molecule has 2 rings (SSSR count). The van der Waals surface area contributed by atoms with Gasteiger partial charge in [-0.05, 0) is 38.5 Å². The molecule has 0 heterocycles. The third kappa shape index (κ3) is 6.42. The molecule has 0 aliphatic carbocycles. The van der Waals surface area contributed by atoms with Crippen molar-refractivity contribution in [2.45, 2.75) is 38.9 Å². The molecule has 128 valence electrons. The number of benzene rings is 2. The summed E-state index contributed by atoms with van der Waals surface area (Å²) in [6.07, 6.45) is -0.568. The van der Waals surface area contributed by atoms with Crippen LogP contribution in [0.25, 0.3) is 0 Å². The lowest BCUT2D eigenvalue weighted by Crippen LogP contribution is -2.22. The van der Waals surface area contributed by atoms with Gasteiger partial charge in [-0.15, -0.1) is 0 Å². The normalized spacial score (nSPS) is 12.5. The van der Waals surface area contributed by atoms with Gasteiger partial charge in [-0.2, -0.15) is 0 Å². The molecule has 0 aliphatic rings. The van der Waals surface area contributed by atoms with E-state index < -0.39 is 12.3 Å². The van der Waals surface area contributed by atoms with Crippen molar-refractivity contribution in [3.8, 4) is 5.75 Å². The maximum absolute atomic E-state index is 12.1. The second kappa shape index (κ2) is 8.50. The molecule has 1 atom stereocenters. The summed E-state index contributed by atoms with van der Waals surface area (Å²) in [5.74, 6) is 0.459. The van der Waals surface area contributed by atoms with Gasteiger partial charge in [0.05, 0.1) is 12.2 Å². The van der Waals surface area contributed by atoms with E-state index in [1.807, 2.05) is 57.2 Å². The van der Waals surface area contributed by atoms with Gasteiger partial charge in [0.2, 0.25) is 0 Å². The van der Waals surface area contributed by atoms with Gasteiger partial charge < -0.3 is 14.2 Å². The Balaban J connectivity index is 1.98. The van der Waals surface area contributed by atoms with Gasteiger partial charge in [-0.3, -0.25) is 0 Å². The number of carbonyl (C=O) groups is 1. The maximum Gasteiger partial charge on any atom is 0.514 e. The molecule has 4 nitrogen and oxygen atoms in total. The van der Waals surface area contributed by atoms with Gasteiger partial charge in [-0.25, -0.2) is 4.79 Å². The zero-order valence-corrected chi connectivity index (χ0v) is 14.4. The molecule has 0 radical (unpaired) electrons. The van der Waals surface area contributed by atoms with E-state index in [1.54, 1.807) is 24.3 Å². The number of ether oxygens (including phenoxy) is 3. The first-order valence-electron chi connectivity index (χ1n) is 8.06. The number of para-hydroxylation sites is 1. The van der Waals surface area contributed by atoms with Crippen LogP contribution < -0.4 is 4.74 Å². The molecule has 0 aromatic heterocycles. The first-order valence-corrected chi connectivity index (χ1v) is 8.06. The molecule has 0 spiro atoms. The van der Waals surface area contributed by atoms with Crippen molar-refractivity contribution < 1.29 is 19.0 Å². The Morgan fingerprint density at radius 2 is 1.54 bits per heavy atom. The fourth-order valence-corrected chi connectivity index (χ4v) is 2.16. The molecule has 0 amide bonds. The topological polar surface area (TPSA) is 44.8 Å². The van der Waals surface area contributed by atoms with Crippen LogP contribution in [-0.2, 0) is 9.47 Å². The molecule has 0 fully saturated rings. The second-order valence-electron chi connectivity index (χ2n) is 6.43. The number of rotatable bonds is 6. The minimum Gasteiger partial charge on any atom is -0.426 e. The summed E-state index contributed by atoms with van der Waals surface area (Å²) in [6, 6.07) is 18.5. The van der Waals surface area contributed by atoms with Crippen molar-refractivity contribution >= 4 is 6.16 Å². The molecule has 2 aromatic rings. The van der Waals surface area contributed by atoms with Crippen LogP contribution in [0, 0.1) is 0 Å². The number of hydrogen-bond donors (Lipinski definition) is 0. The zero-order chi connectivity index (χ0) is 17.4. The molecule has 0 saturated heterocycles. The highest BCUT2D eigenvalue weighted by atomic mass is 16.7. The number of hydrogen-bond acceptors (Lipinski definition) is 4. The Kier molecular flexibility index (Phi) is 6.38. The number of carbonyl (C=O) groups excluding carboxylic acids is 1. The van der Waals surface area contributed by atoms with E-state index in [4.69, 9.17) is 14.2 Å². The van der Waals surface area contributed by atoms with E-state index in [2.05, 4.69) is 0 Å². The third-order valence-corrected chi connectivity index (χ3v) is 3.27. The van der Waals surface area contributed by atoms with Crippen molar-refractivity contribution in [3.63, 3.8) is 0 Å². The molecular formula is C20H24O4. The Morgan fingerprint density at radius 1 is 0.958 bits per heavy atom. The molecule has 24 heavy (non-hydrogen) atoms.